The van der Waals surface area contributed by atoms with Gasteiger partial charge in [0.25, 0.3) is 0 Å². The molecule has 1 fully saturated rings. The quantitative estimate of drug-likeness (QED) is 0.681. The predicted octanol–water partition coefficient (Wildman–Crippen LogP) is 0.716. The molecule has 2 atom stereocenters. The average Bonchev–Trinajstić information content (AvgIpc) is 2.72. The molecule has 0 aromatic carbocycles. The summed E-state index contributed by atoms with van der Waals surface area (Å²) in [7, 11) is 1.72. The zero-order chi connectivity index (χ0) is 14.5. The number of primary amides is 1. The minimum Gasteiger partial charge on any atom is -0.383 e. The molecule has 2 unspecified atom stereocenters. The first-order valence-corrected chi connectivity index (χ1v) is 7.23. The highest BCUT2D eigenvalue weighted by molar-refractivity contribution is 5.85. The average molecular weight is 271 g/mol. The fourth-order valence-electron chi connectivity index (χ4n) is 2.99. The second-order valence-corrected chi connectivity index (χ2v) is 5.90. The van der Waals surface area contributed by atoms with Gasteiger partial charge in [-0.3, -0.25) is 9.69 Å². The van der Waals surface area contributed by atoms with Crippen LogP contribution in [0.4, 0.5) is 0 Å². The van der Waals surface area contributed by atoms with Gasteiger partial charge in [-0.1, -0.05) is 6.42 Å². The Bertz CT molecular complexity index is 296. The molecule has 1 aliphatic rings. The van der Waals surface area contributed by atoms with Crippen molar-refractivity contribution < 1.29 is 9.53 Å². The molecule has 0 spiro atoms. The van der Waals surface area contributed by atoms with E-state index in [1.165, 1.54) is 0 Å². The Morgan fingerprint density at radius 3 is 2.68 bits per heavy atom. The molecule has 0 aromatic heterocycles. The molecule has 0 bridgehead atoms. The van der Waals surface area contributed by atoms with Crippen LogP contribution in [0.1, 0.15) is 39.5 Å². The van der Waals surface area contributed by atoms with E-state index in [1.807, 2.05) is 0 Å². The molecule has 112 valence electrons. The molecular formula is C14H29N3O2. The van der Waals surface area contributed by atoms with Gasteiger partial charge in [0, 0.05) is 19.7 Å². The molecule has 1 rings (SSSR count). The number of hydrogen-bond acceptors (Lipinski definition) is 4. The van der Waals surface area contributed by atoms with Gasteiger partial charge in [-0.05, 0) is 45.6 Å². The van der Waals surface area contributed by atoms with Crippen LogP contribution in [-0.2, 0) is 9.53 Å². The third kappa shape index (κ3) is 4.16. The summed E-state index contributed by atoms with van der Waals surface area (Å²) in [6.45, 7) is 6.93. The number of nitrogens with zero attached hydrogens (tertiary/aromatic N) is 1. The summed E-state index contributed by atoms with van der Waals surface area (Å²) < 4.78 is 5.13. The number of nitrogens with two attached hydrogens (primary N) is 2. The lowest BCUT2D eigenvalue weighted by molar-refractivity contribution is -0.124. The molecule has 0 saturated heterocycles. The molecule has 0 radical (unpaired) electrons. The zero-order valence-electron chi connectivity index (χ0n) is 12.5. The number of methoxy groups -OCH3 is 1. The van der Waals surface area contributed by atoms with Gasteiger partial charge in [0.1, 0.15) is 0 Å². The molecule has 5 nitrogen and oxygen atoms in total. The van der Waals surface area contributed by atoms with Crippen LogP contribution in [0.5, 0.6) is 0 Å². The van der Waals surface area contributed by atoms with Crippen molar-refractivity contribution in [3.05, 3.63) is 0 Å². The number of amides is 1. The third-order valence-corrected chi connectivity index (χ3v) is 4.41. The summed E-state index contributed by atoms with van der Waals surface area (Å²) >= 11 is 0. The zero-order valence-corrected chi connectivity index (χ0v) is 12.5. The first-order chi connectivity index (χ1) is 8.91. The lowest BCUT2D eigenvalue weighted by atomic mass is 9.85. The largest absolute Gasteiger partial charge is 0.383 e. The summed E-state index contributed by atoms with van der Waals surface area (Å²) in [5.41, 5.74) is 10.9. The summed E-state index contributed by atoms with van der Waals surface area (Å²) in [4.78, 5) is 13.9. The molecule has 1 saturated carbocycles. The number of carbonyl (C=O) groups excluding carboxylic acids is 1. The highest BCUT2D eigenvalue weighted by Gasteiger charge is 2.44. The monoisotopic (exact) mass is 271 g/mol. The van der Waals surface area contributed by atoms with Crippen molar-refractivity contribution in [2.45, 2.75) is 51.1 Å². The minimum absolute atomic E-state index is 0.216. The number of ether oxygens (including phenoxy) is 1. The highest BCUT2D eigenvalue weighted by Crippen LogP contribution is 2.36. The van der Waals surface area contributed by atoms with Gasteiger partial charge < -0.3 is 16.2 Å². The van der Waals surface area contributed by atoms with E-state index in [0.29, 0.717) is 6.04 Å². The maximum atomic E-state index is 11.5. The van der Waals surface area contributed by atoms with E-state index in [9.17, 15) is 4.79 Å². The Morgan fingerprint density at radius 2 is 2.16 bits per heavy atom. The van der Waals surface area contributed by atoms with Crippen molar-refractivity contribution in [1.82, 2.24) is 4.90 Å². The van der Waals surface area contributed by atoms with Crippen LogP contribution >= 0.6 is 0 Å². The topological polar surface area (TPSA) is 81.6 Å². The first kappa shape index (κ1) is 16.4. The SMILES string of the molecule is COCCN(CCC1CCCC1(N)C(N)=O)C(C)C. The maximum Gasteiger partial charge on any atom is 0.237 e. The van der Waals surface area contributed by atoms with Gasteiger partial charge in [0.15, 0.2) is 0 Å². The Morgan fingerprint density at radius 1 is 1.47 bits per heavy atom. The van der Waals surface area contributed by atoms with Gasteiger partial charge in [0.2, 0.25) is 5.91 Å². The van der Waals surface area contributed by atoms with Crippen LogP contribution in [0.3, 0.4) is 0 Å². The van der Waals surface area contributed by atoms with Crippen LogP contribution < -0.4 is 11.5 Å². The van der Waals surface area contributed by atoms with Crippen molar-refractivity contribution in [3.63, 3.8) is 0 Å². The third-order valence-electron chi connectivity index (χ3n) is 4.41. The van der Waals surface area contributed by atoms with E-state index in [0.717, 1.165) is 45.4 Å². The van der Waals surface area contributed by atoms with Crippen molar-refractivity contribution >= 4 is 5.91 Å². The smallest absolute Gasteiger partial charge is 0.237 e. The fraction of sp³-hybridized carbons (Fsp3) is 0.929. The van der Waals surface area contributed by atoms with Crippen molar-refractivity contribution in [3.8, 4) is 0 Å². The number of rotatable bonds is 8. The van der Waals surface area contributed by atoms with E-state index in [-0.39, 0.29) is 11.8 Å². The second-order valence-electron chi connectivity index (χ2n) is 5.90. The van der Waals surface area contributed by atoms with E-state index in [4.69, 9.17) is 16.2 Å². The Hall–Kier alpha value is -0.650. The lowest BCUT2D eigenvalue weighted by Crippen LogP contribution is -2.55. The standard InChI is InChI=1S/C14H29N3O2/c1-11(2)17(9-10-19-3)8-6-12-5-4-7-14(12,16)13(15)18/h11-12H,4-10,16H2,1-3H3,(H2,15,18). The molecule has 1 aliphatic carbocycles. The van der Waals surface area contributed by atoms with Crippen molar-refractivity contribution in [2.24, 2.45) is 17.4 Å². The van der Waals surface area contributed by atoms with Crippen molar-refractivity contribution in [2.75, 3.05) is 26.8 Å². The second kappa shape index (κ2) is 7.22. The summed E-state index contributed by atoms with van der Waals surface area (Å²) in [6.07, 6.45) is 3.67. The summed E-state index contributed by atoms with van der Waals surface area (Å²) in [6, 6.07) is 0.470. The van der Waals surface area contributed by atoms with Crippen LogP contribution in [-0.4, -0.2) is 49.2 Å². The van der Waals surface area contributed by atoms with E-state index in [2.05, 4.69) is 18.7 Å². The van der Waals surface area contributed by atoms with Gasteiger partial charge >= 0.3 is 0 Å². The Labute approximate surface area is 116 Å². The van der Waals surface area contributed by atoms with Crippen molar-refractivity contribution in [1.29, 1.82) is 0 Å². The summed E-state index contributed by atoms with van der Waals surface area (Å²) in [5.74, 6) is -0.128. The molecule has 5 heteroatoms. The minimum atomic E-state index is -0.788. The predicted molar refractivity (Wildman–Crippen MR) is 76.7 cm³/mol. The van der Waals surface area contributed by atoms with Gasteiger partial charge in [0.05, 0.1) is 12.1 Å². The van der Waals surface area contributed by atoms with E-state index < -0.39 is 5.54 Å². The first-order valence-electron chi connectivity index (χ1n) is 7.23. The van der Waals surface area contributed by atoms with E-state index >= 15 is 0 Å². The Balaban J connectivity index is 2.51. The molecule has 0 aromatic rings. The lowest BCUT2D eigenvalue weighted by Gasteiger charge is -2.32. The van der Waals surface area contributed by atoms with Gasteiger partial charge in [-0.15, -0.1) is 0 Å². The highest BCUT2D eigenvalue weighted by atomic mass is 16.5. The van der Waals surface area contributed by atoms with Crippen LogP contribution in [0.25, 0.3) is 0 Å². The fourth-order valence-corrected chi connectivity index (χ4v) is 2.99. The normalized spacial score (nSPS) is 27.4. The maximum absolute atomic E-state index is 11.5. The van der Waals surface area contributed by atoms with Gasteiger partial charge in [-0.2, -0.15) is 0 Å². The van der Waals surface area contributed by atoms with Crippen LogP contribution in [0.2, 0.25) is 0 Å². The number of carbonyl (C=O) groups is 1. The van der Waals surface area contributed by atoms with Crippen LogP contribution in [0, 0.1) is 5.92 Å². The van der Waals surface area contributed by atoms with E-state index in [1.54, 1.807) is 7.11 Å². The summed E-state index contributed by atoms with van der Waals surface area (Å²) in [5, 5.41) is 0. The van der Waals surface area contributed by atoms with Crippen LogP contribution in [0.15, 0.2) is 0 Å². The molecule has 0 heterocycles. The molecule has 1 amide bonds. The Kier molecular flexibility index (Phi) is 6.23. The number of hydrogen-bond donors (Lipinski definition) is 2. The molecule has 19 heavy (non-hydrogen) atoms. The molecule has 0 aliphatic heterocycles. The van der Waals surface area contributed by atoms with Gasteiger partial charge in [-0.25, -0.2) is 0 Å². The molecule has 4 N–H and O–H groups in total. The molecular weight excluding hydrogens is 242 g/mol.